The van der Waals surface area contributed by atoms with Gasteiger partial charge in [0.1, 0.15) is 0 Å². The van der Waals surface area contributed by atoms with Gasteiger partial charge in [-0.3, -0.25) is 9.59 Å². The van der Waals surface area contributed by atoms with Crippen molar-refractivity contribution in [3.05, 3.63) is 94.0 Å². The van der Waals surface area contributed by atoms with E-state index in [1.54, 1.807) is 24.3 Å². The van der Waals surface area contributed by atoms with Crippen LogP contribution < -0.4 is 14.8 Å². The third kappa shape index (κ3) is 5.43. The van der Waals surface area contributed by atoms with Gasteiger partial charge in [-0.2, -0.15) is 26.3 Å². The van der Waals surface area contributed by atoms with Crippen LogP contribution in [0.2, 0.25) is 0 Å². The fourth-order valence-electron chi connectivity index (χ4n) is 4.91. The minimum absolute atomic E-state index is 0.00619. The molecule has 3 aromatic rings. The van der Waals surface area contributed by atoms with Gasteiger partial charge in [-0.1, -0.05) is 30.3 Å². The first-order valence-corrected chi connectivity index (χ1v) is 11.9. The minimum atomic E-state index is -5.11. The molecule has 1 heterocycles. The number of nitrogens with one attached hydrogen (secondary N) is 1. The third-order valence-electron chi connectivity index (χ3n) is 6.75. The predicted molar refractivity (Wildman–Crippen MR) is 132 cm³/mol. The molecule has 1 aliphatic rings. The number of benzene rings is 3. The molecule has 0 aromatic heterocycles. The van der Waals surface area contributed by atoms with Gasteiger partial charge in [0.25, 0.3) is 5.91 Å². The Kier molecular flexibility index (Phi) is 7.73. The normalized spacial score (nSPS) is 17.3. The zero-order chi connectivity index (χ0) is 29.4. The van der Waals surface area contributed by atoms with E-state index in [1.807, 2.05) is 0 Å². The van der Waals surface area contributed by atoms with Crippen LogP contribution in [0.25, 0.3) is 0 Å². The van der Waals surface area contributed by atoms with Crippen molar-refractivity contribution in [3.63, 3.8) is 0 Å². The number of hydrogen-bond acceptors (Lipinski definition) is 4. The van der Waals surface area contributed by atoms with Gasteiger partial charge in [-0.25, -0.2) is 0 Å². The average molecular weight is 566 g/mol. The zero-order valence-electron chi connectivity index (χ0n) is 21.5. The number of para-hydroxylation sites is 1. The summed E-state index contributed by atoms with van der Waals surface area (Å²) in [7, 11) is 4.08. The van der Waals surface area contributed by atoms with Crippen molar-refractivity contribution in [3.8, 4) is 11.5 Å². The number of likely N-dealkylation sites (N-methyl/N-ethyl adjacent to an activating group) is 1. The molecule has 2 unspecified atom stereocenters. The number of fused-ring (bicyclic) bond motifs is 1. The zero-order valence-corrected chi connectivity index (χ0v) is 21.5. The number of carbonyl (C=O) groups is 2. The second-order valence-electron chi connectivity index (χ2n) is 9.14. The highest BCUT2D eigenvalue weighted by molar-refractivity contribution is 6.01. The maximum atomic E-state index is 13.7. The molecule has 2 atom stereocenters. The summed E-state index contributed by atoms with van der Waals surface area (Å²) in [6.07, 6.45) is -10.2. The lowest BCUT2D eigenvalue weighted by molar-refractivity contribution is -0.143. The Morgan fingerprint density at radius 1 is 0.900 bits per heavy atom. The molecule has 0 saturated carbocycles. The maximum absolute atomic E-state index is 13.7. The highest BCUT2D eigenvalue weighted by atomic mass is 19.4. The number of amides is 2. The molecular formula is C28H24F6N2O4. The van der Waals surface area contributed by atoms with Crippen LogP contribution in [0.3, 0.4) is 0 Å². The molecule has 2 amide bonds. The lowest BCUT2D eigenvalue weighted by Crippen LogP contribution is -2.45. The van der Waals surface area contributed by atoms with Crippen LogP contribution in [0.5, 0.6) is 11.5 Å². The predicted octanol–water partition coefficient (Wildman–Crippen LogP) is 5.97. The molecule has 0 fully saturated rings. The molecule has 12 heteroatoms. The molecule has 0 bridgehead atoms. The first kappa shape index (κ1) is 28.8. The molecule has 0 saturated heterocycles. The lowest BCUT2D eigenvalue weighted by Gasteiger charge is -2.40. The van der Waals surface area contributed by atoms with Crippen LogP contribution in [0, 0.1) is 0 Å². The Bertz CT molecular complexity index is 1400. The summed E-state index contributed by atoms with van der Waals surface area (Å²) in [4.78, 5) is 27.9. The van der Waals surface area contributed by atoms with Gasteiger partial charge in [-0.05, 0) is 41.5 Å². The van der Waals surface area contributed by atoms with Crippen molar-refractivity contribution in [2.45, 2.75) is 30.9 Å². The molecule has 40 heavy (non-hydrogen) atoms. The van der Waals surface area contributed by atoms with Crippen LogP contribution in [0.4, 0.5) is 26.3 Å². The van der Waals surface area contributed by atoms with Crippen LogP contribution in [0.15, 0.2) is 60.7 Å². The molecule has 0 spiro atoms. The van der Waals surface area contributed by atoms with Gasteiger partial charge in [0, 0.05) is 24.7 Å². The SMILES string of the molecule is COc1cccc(CNC(=O)C2c3ccccc3C(=O)N(C)C2c2cc(C(F)(F)F)cc(C(F)(F)F)c2)c1OC. The van der Waals surface area contributed by atoms with E-state index in [0.29, 0.717) is 29.2 Å². The van der Waals surface area contributed by atoms with E-state index in [9.17, 15) is 35.9 Å². The summed E-state index contributed by atoms with van der Waals surface area (Å²) in [6, 6.07) is 10.6. The van der Waals surface area contributed by atoms with Crippen molar-refractivity contribution in [1.29, 1.82) is 0 Å². The molecule has 1 aliphatic heterocycles. The van der Waals surface area contributed by atoms with Gasteiger partial charge >= 0.3 is 12.4 Å². The fourth-order valence-corrected chi connectivity index (χ4v) is 4.91. The smallest absolute Gasteiger partial charge is 0.416 e. The first-order chi connectivity index (χ1) is 18.8. The Balaban J connectivity index is 1.83. The standard InChI is InChI=1S/C28H24F6N2O4/c1-36-23(16-11-17(27(29,30)31)13-18(12-16)28(32,33)34)22(19-8-4-5-9-20(19)26(36)38)25(37)35-14-15-7-6-10-21(39-2)24(15)40-3/h4-13,22-23H,14H2,1-3H3,(H,35,37). The third-order valence-corrected chi connectivity index (χ3v) is 6.75. The second kappa shape index (κ2) is 10.7. The first-order valence-electron chi connectivity index (χ1n) is 11.9. The van der Waals surface area contributed by atoms with Gasteiger partial charge in [0.2, 0.25) is 5.91 Å². The lowest BCUT2D eigenvalue weighted by atomic mass is 9.78. The quantitative estimate of drug-likeness (QED) is 0.374. The molecule has 212 valence electrons. The van der Waals surface area contributed by atoms with E-state index in [2.05, 4.69) is 5.32 Å². The van der Waals surface area contributed by atoms with E-state index in [1.165, 1.54) is 39.5 Å². The van der Waals surface area contributed by atoms with E-state index < -0.39 is 52.8 Å². The number of carbonyl (C=O) groups excluding carboxylic acids is 2. The average Bonchev–Trinajstić information content (AvgIpc) is 2.91. The highest BCUT2D eigenvalue weighted by Crippen LogP contribution is 2.45. The number of nitrogens with zero attached hydrogens (tertiary/aromatic N) is 1. The van der Waals surface area contributed by atoms with Crippen LogP contribution in [-0.2, 0) is 23.7 Å². The molecule has 0 radical (unpaired) electrons. The van der Waals surface area contributed by atoms with Gasteiger partial charge in [-0.15, -0.1) is 0 Å². The molecular weight excluding hydrogens is 542 g/mol. The number of halogens is 6. The topological polar surface area (TPSA) is 67.9 Å². The summed E-state index contributed by atoms with van der Waals surface area (Å²) in [5.41, 5.74) is -2.76. The number of ether oxygens (including phenoxy) is 2. The van der Waals surface area contributed by atoms with Crippen molar-refractivity contribution < 1.29 is 45.4 Å². The Morgan fingerprint density at radius 2 is 1.52 bits per heavy atom. The molecule has 1 N–H and O–H groups in total. The maximum Gasteiger partial charge on any atom is 0.416 e. The van der Waals surface area contributed by atoms with Gasteiger partial charge in [0.05, 0.1) is 37.3 Å². The number of rotatable bonds is 6. The van der Waals surface area contributed by atoms with E-state index >= 15 is 0 Å². The number of hydrogen-bond donors (Lipinski definition) is 1. The summed E-state index contributed by atoms with van der Waals surface area (Å²) in [6.45, 7) is -0.0986. The minimum Gasteiger partial charge on any atom is -0.493 e. The molecule has 6 nitrogen and oxygen atoms in total. The van der Waals surface area contributed by atoms with E-state index in [0.717, 1.165) is 4.90 Å². The molecule has 4 rings (SSSR count). The van der Waals surface area contributed by atoms with Crippen LogP contribution >= 0.6 is 0 Å². The van der Waals surface area contributed by atoms with Crippen LogP contribution in [-0.4, -0.2) is 38.0 Å². The summed E-state index contributed by atoms with van der Waals surface area (Å²) in [5, 5.41) is 2.70. The van der Waals surface area contributed by atoms with Crippen LogP contribution in [0.1, 0.15) is 50.1 Å². The van der Waals surface area contributed by atoms with Gasteiger partial charge in [0.15, 0.2) is 11.5 Å². The number of alkyl halides is 6. The largest absolute Gasteiger partial charge is 0.493 e. The van der Waals surface area contributed by atoms with Crippen molar-refractivity contribution >= 4 is 11.8 Å². The highest BCUT2D eigenvalue weighted by Gasteiger charge is 2.45. The molecule has 0 aliphatic carbocycles. The Labute approximate surface area is 225 Å². The monoisotopic (exact) mass is 566 g/mol. The van der Waals surface area contributed by atoms with Gasteiger partial charge < -0.3 is 19.7 Å². The Morgan fingerprint density at radius 3 is 2.10 bits per heavy atom. The number of methoxy groups -OCH3 is 2. The van der Waals surface area contributed by atoms with E-state index in [-0.39, 0.29) is 23.7 Å². The Hall–Kier alpha value is -4.22. The fraction of sp³-hybridized carbons (Fsp3) is 0.286. The second-order valence-corrected chi connectivity index (χ2v) is 9.14. The summed E-state index contributed by atoms with van der Waals surface area (Å²) >= 11 is 0. The van der Waals surface area contributed by atoms with Crippen molar-refractivity contribution in [2.24, 2.45) is 0 Å². The summed E-state index contributed by atoms with van der Waals surface area (Å²) < 4.78 is 92.6. The molecule has 3 aromatic carbocycles. The van der Waals surface area contributed by atoms with Crippen molar-refractivity contribution in [1.82, 2.24) is 10.2 Å². The summed E-state index contributed by atoms with van der Waals surface area (Å²) in [5.74, 6) is -1.97. The van der Waals surface area contributed by atoms with Crippen molar-refractivity contribution in [2.75, 3.05) is 21.3 Å². The van der Waals surface area contributed by atoms with E-state index in [4.69, 9.17) is 9.47 Å².